The molecule has 1 fully saturated rings. The molecule has 0 saturated carbocycles. The van der Waals surface area contributed by atoms with Crippen LogP contribution in [-0.4, -0.2) is 62.9 Å². The molecule has 0 bridgehead atoms. The Balaban J connectivity index is 1.43. The first kappa shape index (κ1) is 22.3. The lowest BCUT2D eigenvalue weighted by molar-refractivity contribution is 0.111. The highest BCUT2D eigenvalue weighted by molar-refractivity contribution is 5.79. The molecule has 2 aliphatic rings. The molecule has 0 N–H and O–H groups in total. The van der Waals surface area contributed by atoms with Crippen LogP contribution < -0.4 is 14.2 Å². The first-order valence-corrected chi connectivity index (χ1v) is 11.1. The Morgan fingerprint density at radius 2 is 2.03 bits per heavy atom. The minimum Gasteiger partial charge on any atom is -0.496 e. The van der Waals surface area contributed by atoms with Crippen LogP contribution in [0.25, 0.3) is 5.57 Å². The summed E-state index contributed by atoms with van der Waals surface area (Å²) < 4.78 is 22.7. The van der Waals surface area contributed by atoms with Crippen molar-refractivity contribution in [2.75, 3.05) is 46.8 Å². The van der Waals surface area contributed by atoms with Gasteiger partial charge in [0.1, 0.15) is 24.7 Å². The fraction of sp³-hybridized carbons (Fsp3) is 0.440. The van der Waals surface area contributed by atoms with E-state index in [4.69, 9.17) is 18.9 Å². The zero-order valence-corrected chi connectivity index (χ0v) is 18.5. The Labute approximate surface area is 188 Å². The van der Waals surface area contributed by atoms with E-state index in [-0.39, 0.29) is 0 Å². The minimum absolute atomic E-state index is 0.422. The van der Waals surface area contributed by atoms with Crippen molar-refractivity contribution in [1.29, 1.82) is 0 Å². The third-order valence-electron chi connectivity index (χ3n) is 5.90. The van der Waals surface area contributed by atoms with Crippen molar-refractivity contribution in [3.63, 3.8) is 0 Å². The minimum atomic E-state index is 0.422. The van der Waals surface area contributed by atoms with Crippen LogP contribution in [0.5, 0.6) is 17.4 Å². The predicted octanol–water partition coefficient (Wildman–Crippen LogP) is 3.98. The first-order chi connectivity index (χ1) is 15.8. The fourth-order valence-corrected chi connectivity index (χ4v) is 4.15. The van der Waals surface area contributed by atoms with Gasteiger partial charge in [-0.15, -0.1) is 0 Å². The third kappa shape index (κ3) is 5.47. The second-order valence-electron chi connectivity index (χ2n) is 7.96. The number of ether oxygens (including phenoxy) is 4. The monoisotopic (exact) mass is 438 g/mol. The number of rotatable bonds is 10. The van der Waals surface area contributed by atoms with E-state index in [9.17, 15) is 4.79 Å². The Morgan fingerprint density at radius 1 is 1.16 bits per heavy atom. The average Bonchev–Trinajstić information content (AvgIpc) is 3.37. The largest absolute Gasteiger partial charge is 0.496 e. The zero-order chi connectivity index (χ0) is 22.2. The van der Waals surface area contributed by atoms with Crippen molar-refractivity contribution in [2.45, 2.75) is 25.7 Å². The predicted molar refractivity (Wildman–Crippen MR) is 121 cm³/mol. The molecule has 2 heterocycles. The van der Waals surface area contributed by atoms with Crippen LogP contribution in [0.1, 0.15) is 41.6 Å². The standard InChI is InChI=1S/C25H30N2O5/c1-29-23-9-5-4-8-22(23)21-7-3-2-6-19(21)17-32-24-15-26-25(14-20(24)16-28)31-13-11-27-10-12-30-18-27/h4-5,8-9,14-16H,2-3,6-7,10-13,17-18H2,1H3. The summed E-state index contributed by atoms with van der Waals surface area (Å²) >= 11 is 0. The smallest absolute Gasteiger partial charge is 0.214 e. The molecule has 170 valence electrons. The van der Waals surface area contributed by atoms with Gasteiger partial charge in [-0.25, -0.2) is 4.98 Å². The van der Waals surface area contributed by atoms with E-state index >= 15 is 0 Å². The number of carbonyl (C=O) groups is 1. The van der Waals surface area contributed by atoms with Gasteiger partial charge in [0.25, 0.3) is 0 Å². The first-order valence-electron chi connectivity index (χ1n) is 11.1. The fourth-order valence-electron chi connectivity index (χ4n) is 4.15. The lowest BCUT2D eigenvalue weighted by Crippen LogP contribution is -2.25. The molecular weight excluding hydrogens is 408 g/mol. The molecule has 0 amide bonds. The molecule has 0 spiro atoms. The molecule has 0 unspecified atom stereocenters. The van der Waals surface area contributed by atoms with Crippen LogP contribution in [-0.2, 0) is 4.74 Å². The molecule has 7 nitrogen and oxygen atoms in total. The summed E-state index contributed by atoms with van der Waals surface area (Å²) in [5.74, 6) is 1.77. The van der Waals surface area contributed by atoms with E-state index in [0.29, 0.717) is 37.1 Å². The number of benzene rings is 1. The van der Waals surface area contributed by atoms with Gasteiger partial charge < -0.3 is 18.9 Å². The number of aldehydes is 1. The van der Waals surface area contributed by atoms with Crippen molar-refractivity contribution < 1.29 is 23.7 Å². The number of carbonyl (C=O) groups excluding carboxylic acids is 1. The van der Waals surface area contributed by atoms with E-state index in [0.717, 1.165) is 63.0 Å². The summed E-state index contributed by atoms with van der Waals surface area (Å²) in [4.78, 5) is 18.2. The number of para-hydroxylation sites is 1. The molecule has 1 aliphatic carbocycles. The highest BCUT2D eigenvalue weighted by atomic mass is 16.5. The molecule has 0 radical (unpaired) electrons. The topological polar surface area (TPSA) is 70.1 Å². The second-order valence-corrected chi connectivity index (χ2v) is 7.96. The Hall–Kier alpha value is -2.90. The Kier molecular flexibility index (Phi) is 7.74. The van der Waals surface area contributed by atoms with Gasteiger partial charge in [-0.05, 0) is 42.9 Å². The van der Waals surface area contributed by atoms with E-state index in [1.54, 1.807) is 19.4 Å². The quantitative estimate of drug-likeness (QED) is 0.520. The maximum absolute atomic E-state index is 11.7. The van der Waals surface area contributed by atoms with Gasteiger partial charge in [0.2, 0.25) is 5.88 Å². The van der Waals surface area contributed by atoms with Crippen molar-refractivity contribution in [1.82, 2.24) is 9.88 Å². The summed E-state index contributed by atoms with van der Waals surface area (Å²) in [6.07, 6.45) is 6.60. The summed E-state index contributed by atoms with van der Waals surface area (Å²) in [6, 6.07) is 9.73. The van der Waals surface area contributed by atoms with Gasteiger partial charge in [0.15, 0.2) is 6.29 Å². The number of pyridine rings is 1. The Bertz CT molecular complexity index is 953. The summed E-state index contributed by atoms with van der Waals surface area (Å²) in [5.41, 5.74) is 4.08. The summed E-state index contributed by atoms with van der Waals surface area (Å²) in [6.45, 7) is 3.98. The average molecular weight is 439 g/mol. The van der Waals surface area contributed by atoms with Crippen molar-refractivity contribution in [3.05, 3.63) is 53.2 Å². The van der Waals surface area contributed by atoms with Gasteiger partial charge in [-0.1, -0.05) is 18.2 Å². The number of hydrogen-bond acceptors (Lipinski definition) is 7. The van der Waals surface area contributed by atoms with Gasteiger partial charge in [0.05, 0.1) is 32.2 Å². The van der Waals surface area contributed by atoms with Crippen LogP contribution in [0.2, 0.25) is 0 Å². The molecule has 7 heteroatoms. The van der Waals surface area contributed by atoms with Crippen LogP contribution in [0, 0.1) is 0 Å². The highest BCUT2D eigenvalue weighted by Gasteiger charge is 2.19. The molecule has 1 aromatic heterocycles. The molecule has 1 aromatic carbocycles. The van der Waals surface area contributed by atoms with Crippen molar-refractivity contribution in [3.8, 4) is 17.4 Å². The van der Waals surface area contributed by atoms with Gasteiger partial charge in [-0.2, -0.15) is 0 Å². The number of aromatic nitrogens is 1. The summed E-state index contributed by atoms with van der Waals surface area (Å²) in [5, 5.41) is 0. The highest BCUT2D eigenvalue weighted by Crippen LogP contribution is 2.37. The zero-order valence-electron chi connectivity index (χ0n) is 18.5. The number of methoxy groups -OCH3 is 1. The van der Waals surface area contributed by atoms with Crippen LogP contribution >= 0.6 is 0 Å². The molecule has 4 rings (SSSR count). The van der Waals surface area contributed by atoms with E-state index < -0.39 is 0 Å². The molecule has 2 aromatic rings. The van der Waals surface area contributed by atoms with E-state index in [1.807, 2.05) is 18.2 Å². The maximum atomic E-state index is 11.7. The lowest BCUT2D eigenvalue weighted by Gasteiger charge is -2.22. The van der Waals surface area contributed by atoms with Crippen LogP contribution in [0.4, 0.5) is 0 Å². The van der Waals surface area contributed by atoms with Crippen molar-refractivity contribution >= 4 is 11.9 Å². The normalized spacial score (nSPS) is 16.8. The lowest BCUT2D eigenvalue weighted by atomic mass is 9.87. The third-order valence-corrected chi connectivity index (χ3v) is 5.90. The maximum Gasteiger partial charge on any atom is 0.214 e. The van der Waals surface area contributed by atoms with Crippen molar-refractivity contribution in [2.24, 2.45) is 0 Å². The van der Waals surface area contributed by atoms with E-state index in [1.165, 1.54) is 11.1 Å². The van der Waals surface area contributed by atoms with Gasteiger partial charge in [-0.3, -0.25) is 9.69 Å². The van der Waals surface area contributed by atoms with Crippen LogP contribution in [0.15, 0.2) is 42.1 Å². The summed E-state index contributed by atoms with van der Waals surface area (Å²) in [7, 11) is 1.70. The van der Waals surface area contributed by atoms with Gasteiger partial charge in [0, 0.05) is 24.7 Å². The molecule has 1 aliphatic heterocycles. The SMILES string of the molecule is COc1ccccc1C1=C(COc2cnc(OCCN3CCOC3)cc2C=O)CCCC1. The molecular formula is C25H30N2O5. The van der Waals surface area contributed by atoms with Gasteiger partial charge >= 0.3 is 0 Å². The second kappa shape index (κ2) is 11.1. The molecule has 32 heavy (non-hydrogen) atoms. The number of allylic oxidation sites excluding steroid dienone is 1. The Morgan fingerprint density at radius 3 is 2.84 bits per heavy atom. The molecule has 0 atom stereocenters. The van der Waals surface area contributed by atoms with E-state index in [2.05, 4.69) is 16.0 Å². The van der Waals surface area contributed by atoms with Crippen LogP contribution in [0.3, 0.4) is 0 Å². The number of nitrogens with zero attached hydrogens (tertiary/aromatic N) is 2. The number of hydrogen-bond donors (Lipinski definition) is 0. The molecule has 1 saturated heterocycles.